The van der Waals surface area contributed by atoms with Crippen molar-refractivity contribution in [2.24, 2.45) is 5.92 Å². The number of carbonyl (C=O) groups excluding carboxylic acids is 1. The van der Waals surface area contributed by atoms with Crippen LogP contribution in [0, 0.1) is 5.92 Å². The fourth-order valence-electron chi connectivity index (χ4n) is 2.77. The molecule has 1 atom stereocenters. The largest absolute Gasteiger partial charge is 0.489 e. The highest BCUT2D eigenvalue weighted by molar-refractivity contribution is 6.30. The van der Waals surface area contributed by atoms with Crippen LogP contribution in [0.2, 0.25) is 5.02 Å². The highest BCUT2D eigenvalue weighted by Crippen LogP contribution is 2.24. The molecule has 2 rings (SSSR count). The molecule has 24 heavy (non-hydrogen) atoms. The third-order valence-corrected chi connectivity index (χ3v) is 4.33. The number of amides is 2. The maximum absolute atomic E-state index is 11.9. The Bertz CT molecular complexity index is 573. The molecule has 1 aliphatic carbocycles. The van der Waals surface area contributed by atoms with Gasteiger partial charge in [0, 0.05) is 11.1 Å². The van der Waals surface area contributed by atoms with E-state index in [9.17, 15) is 9.59 Å². The number of carboxylic acid groups (broad SMARTS) is 1. The van der Waals surface area contributed by atoms with Crippen LogP contribution in [0.15, 0.2) is 24.3 Å². The van der Waals surface area contributed by atoms with Gasteiger partial charge in [0.2, 0.25) is 0 Å². The predicted octanol–water partition coefficient (Wildman–Crippen LogP) is 3.05. The molecule has 1 aromatic rings. The molecular formula is C17H23ClN2O4. The molecule has 0 bridgehead atoms. The Morgan fingerprint density at radius 1 is 1.33 bits per heavy atom. The van der Waals surface area contributed by atoms with Gasteiger partial charge in [0.25, 0.3) is 0 Å². The summed E-state index contributed by atoms with van der Waals surface area (Å²) in [5.41, 5.74) is 0. The van der Waals surface area contributed by atoms with E-state index >= 15 is 0 Å². The normalized spacial score (nSPS) is 21.6. The van der Waals surface area contributed by atoms with E-state index < -0.39 is 5.97 Å². The smallest absolute Gasteiger partial charge is 0.315 e. The molecule has 0 radical (unpaired) electrons. The van der Waals surface area contributed by atoms with Crippen molar-refractivity contribution in [3.05, 3.63) is 29.3 Å². The number of urea groups is 1. The Kier molecular flexibility index (Phi) is 6.73. The van der Waals surface area contributed by atoms with Gasteiger partial charge in [0.1, 0.15) is 11.9 Å². The molecular weight excluding hydrogens is 332 g/mol. The Morgan fingerprint density at radius 2 is 2.04 bits per heavy atom. The van der Waals surface area contributed by atoms with Crippen LogP contribution in [0.5, 0.6) is 5.75 Å². The Balaban J connectivity index is 1.67. The molecule has 0 heterocycles. The molecule has 132 valence electrons. The summed E-state index contributed by atoms with van der Waals surface area (Å²) >= 11 is 5.90. The number of rotatable bonds is 6. The zero-order valence-corrected chi connectivity index (χ0v) is 14.4. The summed E-state index contributed by atoms with van der Waals surface area (Å²) in [7, 11) is 0. The summed E-state index contributed by atoms with van der Waals surface area (Å²) in [6.45, 7) is 2.22. The second-order valence-electron chi connectivity index (χ2n) is 6.13. The first-order chi connectivity index (χ1) is 11.4. The molecule has 0 aromatic heterocycles. The molecule has 1 fully saturated rings. The lowest BCUT2D eigenvalue weighted by Gasteiger charge is -2.27. The lowest BCUT2D eigenvalue weighted by Crippen LogP contribution is -2.46. The van der Waals surface area contributed by atoms with Crippen LogP contribution in [-0.4, -0.2) is 35.8 Å². The van der Waals surface area contributed by atoms with E-state index in [2.05, 4.69) is 10.6 Å². The van der Waals surface area contributed by atoms with Crippen molar-refractivity contribution < 1.29 is 19.4 Å². The van der Waals surface area contributed by atoms with Gasteiger partial charge in [-0.05, 0) is 50.8 Å². The van der Waals surface area contributed by atoms with Gasteiger partial charge in [-0.3, -0.25) is 4.79 Å². The summed E-state index contributed by atoms with van der Waals surface area (Å²) < 4.78 is 5.68. The van der Waals surface area contributed by atoms with Gasteiger partial charge < -0.3 is 20.5 Å². The number of carboxylic acids is 1. The zero-order valence-electron chi connectivity index (χ0n) is 13.6. The summed E-state index contributed by atoms with van der Waals surface area (Å²) in [5, 5.41) is 15.2. The molecule has 1 unspecified atom stereocenters. The van der Waals surface area contributed by atoms with Crippen molar-refractivity contribution in [1.29, 1.82) is 0 Å². The highest BCUT2D eigenvalue weighted by atomic mass is 35.5. The van der Waals surface area contributed by atoms with Gasteiger partial charge >= 0.3 is 12.0 Å². The number of nitrogens with one attached hydrogen (secondary N) is 2. The minimum absolute atomic E-state index is 0.0322. The van der Waals surface area contributed by atoms with Crippen LogP contribution in [0.25, 0.3) is 0 Å². The molecule has 7 heteroatoms. The standard InChI is InChI=1S/C17H23ClN2O4/c1-11(24-15-4-2-3-13(18)9-15)10-19-17(23)20-14-7-5-12(6-8-14)16(21)22/h2-4,9,11-12,14H,5-8,10H2,1H3,(H,21,22)(H2,19,20,23). The monoisotopic (exact) mass is 354 g/mol. The molecule has 6 nitrogen and oxygen atoms in total. The van der Waals surface area contributed by atoms with Crippen LogP contribution < -0.4 is 15.4 Å². The fourth-order valence-corrected chi connectivity index (χ4v) is 2.95. The number of carbonyl (C=O) groups is 2. The van der Waals surface area contributed by atoms with E-state index in [-0.39, 0.29) is 24.1 Å². The van der Waals surface area contributed by atoms with Gasteiger partial charge in [-0.25, -0.2) is 4.79 Å². The minimum atomic E-state index is -0.745. The van der Waals surface area contributed by atoms with Crippen LogP contribution in [-0.2, 0) is 4.79 Å². The second-order valence-corrected chi connectivity index (χ2v) is 6.56. The summed E-state index contributed by atoms with van der Waals surface area (Å²) in [6.07, 6.45) is 2.40. The van der Waals surface area contributed by atoms with Crippen LogP contribution in [0.4, 0.5) is 4.79 Å². The van der Waals surface area contributed by atoms with E-state index in [4.69, 9.17) is 21.4 Å². The average molecular weight is 355 g/mol. The molecule has 0 aliphatic heterocycles. The summed E-state index contributed by atoms with van der Waals surface area (Å²) in [5.74, 6) is -0.369. The molecule has 0 spiro atoms. The first-order valence-electron chi connectivity index (χ1n) is 8.13. The average Bonchev–Trinajstić information content (AvgIpc) is 2.53. The number of hydrogen-bond donors (Lipinski definition) is 3. The first kappa shape index (κ1) is 18.4. The molecule has 0 saturated heterocycles. The molecule has 1 aromatic carbocycles. The topological polar surface area (TPSA) is 87.7 Å². The second kappa shape index (κ2) is 8.78. The van der Waals surface area contributed by atoms with Gasteiger partial charge in [-0.15, -0.1) is 0 Å². The third-order valence-electron chi connectivity index (χ3n) is 4.10. The predicted molar refractivity (Wildman–Crippen MR) is 91.5 cm³/mol. The van der Waals surface area contributed by atoms with E-state index in [1.807, 2.05) is 13.0 Å². The van der Waals surface area contributed by atoms with Gasteiger partial charge in [-0.1, -0.05) is 17.7 Å². The van der Waals surface area contributed by atoms with Crippen molar-refractivity contribution >= 4 is 23.6 Å². The van der Waals surface area contributed by atoms with Crippen LogP contribution in [0.3, 0.4) is 0 Å². The Morgan fingerprint density at radius 3 is 2.67 bits per heavy atom. The maximum Gasteiger partial charge on any atom is 0.315 e. The first-order valence-corrected chi connectivity index (χ1v) is 8.51. The highest BCUT2D eigenvalue weighted by Gasteiger charge is 2.26. The van der Waals surface area contributed by atoms with Gasteiger partial charge in [0.05, 0.1) is 12.5 Å². The molecule has 1 aliphatic rings. The number of halogens is 1. The molecule has 1 saturated carbocycles. The van der Waals surface area contributed by atoms with Crippen molar-refractivity contribution in [2.75, 3.05) is 6.54 Å². The van der Waals surface area contributed by atoms with E-state index in [0.717, 1.165) is 0 Å². The number of benzene rings is 1. The van der Waals surface area contributed by atoms with Gasteiger partial charge in [0.15, 0.2) is 0 Å². The lowest BCUT2D eigenvalue weighted by molar-refractivity contribution is -0.142. The Labute approximate surface area is 146 Å². The van der Waals surface area contributed by atoms with Crippen molar-refractivity contribution in [2.45, 2.75) is 44.8 Å². The van der Waals surface area contributed by atoms with Crippen LogP contribution >= 0.6 is 11.6 Å². The van der Waals surface area contributed by atoms with E-state index in [0.29, 0.717) is 43.0 Å². The van der Waals surface area contributed by atoms with E-state index in [1.165, 1.54) is 0 Å². The van der Waals surface area contributed by atoms with E-state index in [1.54, 1.807) is 18.2 Å². The number of aliphatic carboxylic acids is 1. The molecule has 2 amide bonds. The lowest BCUT2D eigenvalue weighted by atomic mass is 9.86. The summed E-state index contributed by atoms with van der Waals surface area (Å²) in [6, 6.07) is 6.88. The zero-order chi connectivity index (χ0) is 17.5. The van der Waals surface area contributed by atoms with Crippen LogP contribution in [0.1, 0.15) is 32.6 Å². The number of ether oxygens (including phenoxy) is 1. The van der Waals surface area contributed by atoms with Crippen molar-refractivity contribution in [3.8, 4) is 5.75 Å². The SMILES string of the molecule is CC(CNC(=O)NC1CCC(C(=O)O)CC1)Oc1cccc(Cl)c1. The van der Waals surface area contributed by atoms with Crippen molar-refractivity contribution in [1.82, 2.24) is 10.6 Å². The number of hydrogen-bond acceptors (Lipinski definition) is 3. The third kappa shape index (κ3) is 5.92. The Hall–Kier alpha value is -1.95. The maximum atomic E-state index is 11.9. The summed E-state index contributed by atoms with van der Waals surface area (Å²) in [4.78, 5) is 22.8. The fraction of sp³-hybridized carbons (Fsp3) is 0.529. The molecule has 3 N–H and O–H groups in total. The van der Waals surface area contributed by atoms with Gasteiger partial charge in [-0.2, -0.15) is 0 Å². The quantitative estimate of drug-likeness (QED) is 0.732. The van der Waals surface area contributed by atoms with Crippen molar-refractivity contribution in [3.63, 3.8) is 0 Å². The minimum Gasteiger partial charge on any atom is -0.489 e.